The molecule has 59 valence electrons. The molecule has 0 spiro atoms. The summed E-state index contributed by atoms with van der Waals surface area (Å²) in [5.41, 5.74) is 1.29. The van der Waals surface area contributed by atoms with Gasteiger partial charge in [-0.15, -0.1) is 0 Å². The van der Waals surface area contributed by atoms with Crippen LogP contribution in [0.5, 0.6) is 0 Å². The standard InChI is InChI=1S/C10H12Cl/c1-3-8(2)9-4-6-10(11)7-5-9/h4-7H,3H2,1-2H3. The molecule has 0 nitrogen and oxygen atoms in total. The predicted octanol–water partition coefficient (Wildman–Crippen LogP) is 3.69. The van der Waals surface area contributed by atoms with Gasteiger partial charge in [0.1, 0.15) is 0 Å². The molecule has 1 aromatic rings. The Morgan fingerprint density at radius 3 is 2.27 bits per heavy atom. The summed E-state index contributed by atoms with van der Waals surface area (Å²) in [6.07, 6.45) is 1.10. The molecule has 1 heteroatoms. The van der Waals surface area contributed by atoms with Gasteiger partial charge in [0.25, 0.3) is 0 Å². The molecular formula is C10H12Cl. The van der Waals surface area contributed by atoms with Crippen molar-refractivity contribution >= 4 is 11.6 Å². The molecule has 0 aliphatic carbocycles. The SMILES string of the molecule is CC[C](C)c1ccc(Cl)cc1. The maximum atomic E-state index is 5.75. The molecule has 0 amide bonds. The van der Waals surface area contributed by atoms with Gasteiger partial charge in [-0.25, -0.2) is 0 Å². The molecule has 0 N–H and O–H groups in total. The summed E-state index contributed by atoms with van der Waals surface area (Å²) >= 11 is 5.75. The van der Waals surface area contributed by atoms with Gasteiger partial charge in [-0.1, -0.05) is 37.6 Å². The predicted molar refractivity (Wildman–Crippen MR) is 49.8 cm³/mol. The second-order valence-corrected chi connectivity index (χ2v) is 3.08. The molecule has 0 bridgehead atoms. The van der Waals surface area contributed by atoms with Crippen LogP contribution in [0.1, 0.15) is 25.8 Å². The summed E-state index contributed by atoms with van der Waals surface area (Å²) in [4.78, 5) is 0. The average molecular weight is 168 g/mol. The maximum absolute atomic E-state index is 5.75. The third kappa shape index (κ3) is 2.23. The normalized spacial score (nSPS) is 10.5. The van der Waals surface area contributed by atoms with E-state index in [0.717, 1.165) is 11.4 Å². The van der Waals surface area contributed by atoms with Crippen LogP contribution in [0.2, 0.25) is 5.02 Å². The van der Waals surface area contributed by atoms with E-state index in [1.54, 1.807) is 0 Å². The fourth-order valence-corrected chi connectivity index (χ4v) is 1.06. The molecule has 0 saturated carbocycles. The average Bonchev–Trinajstić information content (AvgIpc) is 2.05. The fraction of sp³-hybridized carbons (Fsp3) is 0.300. The van der Waals surface area contributed by atoms with Crippen molar-refractivity contribution in [3.63, 3.8) is 0 Å². The molecule has 0 unspecified atom stereocenters. The summed E-state index contributed by atoms with van der Waals surface area (Å²) in [6.45, 7) is 4.30. The highest BCUT2D eigenvalue weighted by Gasteiger charge is 2.01. The number of hydrogen-bond acceptors (Lipinski definition) is 0. The Morgan fingerprint density at radius 2 is 1.82 bits per heavy atom. The van der Waals surface area contributed by atoms with Crippen LogP contribution in [0.4, 0.5) is 0 Å². The Bertz CT molecular complexity index is 213. The van der Waals surface area contributed by atoms with Gasteiger partial charge in [0.15, 0.2) is 0 Å². The van der Waals surface area contributed by atoms with Crippen molar-refractivity contribution < 1.29 is 0 Å². The van der Waals surface area contributed by atoms with Crippen LogP contribution < -0.4 is 0 Å². The van der Waals surface area contributed by atoms with E-state index in [-0.39, 0.29) is 0 Å². The van der Waals surface area contributed by atoms with Crippen LogP contribution in [0.15, 0.2) is 24.3 Å². The van der Waals surface area contributed by atoms with Crippen LogP contribution in [0.3, 0.4) is 0 Å². The minimum absolute atomic E-state index is 0.803. The van der Waals surface area contributed by atoms with Crippen LogP contribution in [0, 0.1) is 5.92 Å². The molecule has 0 fully saturated rings. The van der Waals surface area contributed by atoms with Gasteiger partial charge in [0.05, 0.1) is 0 Å². The Hall–Kier alpha value is -0.490. The number of hydrogen-bond donors (Lipinski definition) is 0. The fourth-order valence-electron chi connectivity index (χ4n) is 0.939. The quantitative estimate of drug-likeness (QED) is 0.630. The Kier molecular flexibility index (Phi) is 2.95. The first-order valence-electron chi connectivity index (χ1n) is 3.82. The van der Waals surface area contributed by atoms with Crippen molar-refractivity contribution in [2.75, 3.05) is 0 Å². The van der Waals surface area contributed by atoms with Gasteiger partial charge >= 0.3 is 0 Å². The van der Waals surface area contributed by atoms with Gasteiger partial charge in [-0.3, -0.25) is 0 Å². The van der Waals surface area contributed by atoms with Gasteiger partial charge < -0.3 is 0 Å². The van der Waals surface area contributed by atoms with Gasteiger partial charge in [-0.05, 0) is 24.1 Å². The Balaban J connectivity index is 2.81. The molecule has 11 heavy (non-hydrogen) atoms. The highest BCUT2D eigenvalue weighted by atomic mass is 35.5. The lowest BCUT2D eigenvalue weighted by Gasteiger charge is -2.06. The van der Waals surface area contributed by atoms with E-state index in [2.05, 4.69) is 26.0 Å². The summed E-state index contributed by atoms with van der Waals surface area (Å²) in [5.74, 6) is 1.40. The Morgan fingerprint density at radius 1 is 1.27 bits per heavy atom. The molecule has 1 aromatic carbocycles. The van der Waals surface area contributed by atoms with Gasteiger partial charge in [0, 0.05) is 10.9 Å². The number of benzene rings is 1. The number of rotatable bonds is 2. The lowest BCUT2D eigenvalue weighted by molar-refractivity contribution is 0.958. The molecule has 0 atom stereocenters. The second kappa shape index (κ2) is 3.77. The molecule has 0 aliphatic rings. The van der Waals surface area contributed by atoms with E-state index < -0.39 is 0 Å². The van der Waals surface area contributed by atoms with E-state index in [4.69, 9.17) is 11.6 Å². The highest BCUT2D eigenvalue weighted by molar-refractivity contribution is 6.30. The first kappa shape index (κ1) is 8.61. The highest BCUT2D eigenvalue weighted by Crippen LogP contribution is 2.19. The zero-order valence-electron chi connectivity index (χ0n) is 6.89. The van der Waals surface area contributed by atoms with Crippen LogP contribution in [0.25, 0.3) is 0 Å². The third-order valence-corrected chi connectivity index (χ3v) is 2.12. The second-order valence-electron chi connectivity index (χ2n) is 2.64. The molecule has 1 radical (unpaired) electrons. The summed E-state index contributed by atoms with van der Waals surface area (Å²) < 4.78 is 0. The van der Waals surface area contributed by atoms with Crippen molar-refractivity contribution in [1.82, 2.24) is 0 Å². The minimum atomic E-state index is 0.803. The summed E-state index contributed by atoms with van der Waals surface area (Å²) in [5, 5.41) is 0.803. The van der Waals surface area contributed by atoms with E-state index in [0.29, 0.717) is 0 Å². The molecular weight excluding hydrogens is 156 g/mol. The molecule has 0 aliphatic heterocycles. The topological polar surface area (TPSA) is 0 Å². The zero-order valence-corrected chi connectivity index (χ0v) is 7.65. The van der Waals surface area contributed by atoms with Crippen molar-refractivity contribution in [3.05, 3.63) is 40.8 Å². The molecule has 1 rings (SSSR count). The first-order valence-corrected chi connectivity index (χ1v) is 4.20. The summed E-state index contributed by atoms with van der Waals surface area (Å²) in [6, 6.07) is 7.97. The largest absolute Gasteiger partial charge is 0.0843 e. The molecule has 0 heterocycles. The van der Waals surface area contributed by atoms with Crippen LogP contribution in [-0.4, -0.2) is 0 Å². The van der Waals surface area contributed by atoms with Crippen molar-refractivity contribution in [2.24, 2.45) is 0 Å². The minimum Gasteiger partial charge on any atom is -0.0843 e. The summed E-state index contributed by atoms with van der Waals surface area (Å²) in [7, 11) is 0. The first-order chi connectivity index (χ1) is 5.24. The van der Waals surface area contributed by atoms with Gasteiger partial charge in [-0.2, -0.15) is 0 Å². The maximum Gasteiger partial charge on any atom is 0.0406 e. The van der Waals surface area contributed by atoms with Crippen LogP contribution >= 0.6 is 11.6 Å². The van der Waals surface area contributed by atoms with Crippen molar-refractivity contribution in [3.8, 4) is 0 Å². The van der Waals surface area contributed by atoms with E-state index in [9.17, 15) is 0 Å². The van der Waals surface area contributed by atoms with Crippen molar-refractivity contribution in [1.29, 1.82) is 0 Å². The smallest absolute Gasteiger partial charge is 0.0406 e. The monoisotopic (exact) mass is 167 g/mol. The molecule has 0 aromatic heterocycles. The zero-order chi connectivity index (χ0) is 8.27. The van der Waals surface area contributed by atoms with E-state index in [1.165, 1.54) is 11.5 Å². The van der Waals surface area contributed by atoms with Gasteiger partial charge in [0.2, 0.25) is 0 Å². The third-order valence-electron chi connectivity index (χ3n) is 1.87. The number of halogens is 1. The van der Waals surface area contributed by atoms with E-state index in [1.807, 2.05) is 12.1 Å². The Labute approximate surface area is 73.2 Å². The lowest BCUT2D eigenvalue weighted by atomic mass is 9.99. The van der Waals surface area contributed by atoms with Crippen molar-refractivity contribution in [2.45, 2.75) is 20.3 Å². The molecule has 0 saturated heterocycles. The van der Waals surface area contributed by atoms with E-state index >= 15 is 0 Å². The van der Waals surface area contributed by atoms with Crippen LogP contribution in [-0.2, 0) is 0 Å². The lowest BCUT2D eigenvalue weighted by Crippen LogP contribution is -1.90.